The normalized spacial score (nSPS) is 12.6. The number of ketones is 1. The van der Waals surface area contributed by atoms with Crippen LogP contribution in [0.25, 0.3) is 6.08 Å². The maximum absolute atomic E-state index is 13.6. The van der Waals surface area contributed by atoms with Gasteiger partial charge in [-0.05, 0) is 24.6 Å². The second-order valence-electron chi connectivity index (χ2n) is 3.36. The zero-order valence-corrected chi connectivity index (χ0v) is 10.6. The molecule has 0 fully saturated rings. The number of Topliss-reactive ketones (excluding diaryl/α,β-unsaturated/α-hetero) is 1. The van der Waals surface area contributed by atoms with Gasteiger partial charge in [0.2, 0.25) is 0 Å². The number of halogens is 2. The first-order valence-electron chi connectivity index (χ1n) is 4.81. The summed E-state index contributed by atoms with van der Waals surface area (Å²) in [6.07, 6.45) is 2.07. The molecule has 1 aromatic carbocycles. The van der Waals surface area contributed by atoms with Crippen LogP contribution in [-0.4, -0.2) is 21.7 Å². The van der Waals surface area contributed by atoms with Crippen LogP contribution in [0.15, 0.2) is 24.3 Å². The Labute approximate surface area is 106 Å². The fourth-order valence-corrected chi connectivity index (χ4v) is 1.53. The van der Waals surface area contributed by atoms with Gasteiger partial charge >= 0.3 is 5.97 Å². The van der Waals surface area contributed by atoms with Crippen molar-refractivity contribution in [1.82, 2.24) is 0 Å². The fraction of sp³-hybridized carbons (Fsp3) is 0.167. The molecule has 0 aliphatic heterocycles. The molecule has 5 heteroatoms. The third-order valence-corrected chi connectivity index (χ3v) is 2.47. The van der Waals surface area contributed by atoms with Gasteiger partial charge in [-0.15, -0.1) is 0 Å². The van der Waals surface area contributed by atoms with E-state index in [0.29, 0.717) is 0 Å². The number of carbonyl (C=O) groups excluding carboxylic acids is 1. The number of carboxylic acids is 1. The van der Waals surface area contributed by atoms with Gasteiger partial charge in [-0.2, -0.15) is 0 Å². The van der Waals surface area contributed by atoms with Crippen LogP contribution in [0.1, 0.15) is 22.8 Å². The molecule has 0 aliphatic rings. The molecule has 1 aromatic rings. The van der Waals surface area contributed by atoms with Crippen LogP contribution in [0.3, 0.4) is 0 Å². The van der Waals surface area contributed by atoms with Crippen LogP contribution in [0, 0.1) is 5.82 Å². The van der Waals surface area contributed by atoms with Crippen LogP contribution in [-0.2, 0) is 4.79 Å². The fourth-order valence-electron chi connectivity index (χ4n) is 1.30. The summed E-state index contributed by atoms with van der Waals surface area (Å²) >= 11 is 3.07. The number of aliphatic carboxylic acids is 1. The summed E-state index contributed by atoms with van der Waals surface area (Å²) < 4.78 is 13.6. The summed E-state index contributed by atoms with van der Waals surface area (Å²) in [4.78, 5) is 21.6. The molecule has 0 aromatic heterocycles. The number of carboxylic acid groups (broad SMARTS) is 1. The molecule has 0 bridgehead atoms. The van der Waals surface area contributed by atoms with Gasteiger partial charge in [0, 0.05) is 6.08 Å². The molecule has 3 nitrogen and oxygen atoms in total. The smallest absolute Gasteiger partial charge is 0.328 e. The lowest BCUT2D eigenvalue weighted by Gasteiger charge is -2.07. The van der Waals surface area contributed by atoms with Crippen LogP contribution in [0.4, 0.5) is 4.39 Å². The van der Waals surface area contributed by atoms with Gasteiger partial charge in [-0.1, -0.05) is 28.1 Å². The van der Waals surface area contributed by atoms with Gasteiger partial charge in [-0.3, -0.25) is 4.79 Å². The van der Waals surface area contributed by atoms with Crippen LogP contribution < -0.4 is 0 Å². The zero-order valence-electron chi connectivity index (χ0n) is 8.98. The molecular formula is C12H10BrFO3. The summed E-state index contributed by atoms with van der Waals surface area (Å²) in [6.45, 7) is 1.58. The van der Waals surface area contributed by atoms with E-state index in [1.165, 1.54) is 24.3 Å². The summed E-state index contributed by atoms with van der Waals surface area (Å²) in [5.41, 5.74) is 0.151. The van der Waals surface area contributed by atoms with Crippen LogP contribution in [0.2, 0.25) is 0 Å². The van der Waals surface area contributed by atoms with Crippen molar-refractivity contribution in [2.24, 2.45) is 0 Å². The quantitative estimate of drug-likeness (QED) is 0.528. The van der Waals surface area contributed by atoms with E-state index in [4.69, 9.17) is 5.11 Å². The molecule has 0 radical (unpaired) electrons. The summed E-state index contributed by atoms with van der Waals surface area (Å²) in [6, 6.07) is 4.08. The third-order valence-electron chi connectivity index (χ3n) is 2.06. The van der Waals surface area contributed by atoms with E-state index < -0.39 is 22.4 Å². The first kappa shape index (κ1) is 13.6. The van der Waals surface area contributed by atoms with E-state index in [1.54, 1.807) is 6.92 Å². The van der Waals surface area contributed by atoms with E-state index in [2.05, 4.69) is 15.9 Å². The first-order valence-corrected chi connectivity index (χ1v) is 5.73. The van der Waals surface area contributed by atoms with Gasteiger partial charge in [0.05, 0.1) is 10.4 Å². The molecule has 90 valence electrons. The lowest BCUT2D eigenvalue weighted by atomic mass is 10.0. The van der Waals surface area contributed by atoms with E-state index >= 15 is 0 Å². The first-order chi connectivity index (χ1) is 7.93. The highest BCUT2D eigenvalue weighted by atomic mass is 79.9. The van der Waals surface area contributed by atoms with Crippen molar-refractivity contribution in [1.29, 1.82) is 0 Å². The van der Waals surface area contributed by atoms with E-state index in [-0.39, 0.29) is 11.1 Å². The minimum absolute atomic E-state index is 0.102. The predicted octanol–water partition coefficient (Wildman–Crippen LogP) is 2.89. The van der Waals surface area contributed by atoms with Crippen molar-refractivity contribution in [3.63, 3.8) is 0 Å². The van der Waals surface area contributed by atoms with Gasteiger partial charge in [-0.25, -0.2) is 9.18 Å². The molecule has 1 atom stereocenters. The van der Waals surface area contributed by atoms with Crippen molar-refractivity contribution in [2.75, 3.05) is 0 Å². The van der Waals surface area contributed by atoms with Crippen molar-refractivity contribution >= 4 is 33.8 Å². The largest absolute Gasteiger partial charge is 0.478 e. The monoisotopic (exact) mass is 300 g/mol. The molecule has 0 aliphatic carbocycles. The summed E-state index contributed by atoms with van der Waals surface area (Å²) in [7, 11) is 0. The maximum atomic E-state index is 13.6. The van der Waals surface area contributed by atoms with Crippen molar-refractivity contribution in [2.45, 2.75) is 11.8 Å². The molecule has 0 amide bonds. The SMILES string of the molecule is CC(Br)C(=O)c1c(F)cccc1C=CC(=O)O. The highest BCUT2D eigenvalue weighted by Crippen LogP contribution is 2.19. The van der Waals surface area contributed by atoms with Crippen LogP contribution >= 0.6 is 15.9 Å². The molecular weight excluding hydrogens is 291 g/mol. The maximum Gasteiger partial charge on any atom is 0.328 e. The Kier molecular flexibility index (Phi) is 4.57. The molecule has 0 heterocycles. The molecule has 1 unspecified atom stereocenters. The predicted molar refractivity (Wildman–Crippen MR) is 65.8 cm³/mol. The minimum atomic E-state index is -1.15. The van der Waals surface area contributed by atoms with Gasteiger partial charge in [0.25, 0.3) is 0 Å². The second kappa shape index (κ2) is 5.72. The number of hydrogen-bond donors (Lipinski definition) is 1. The lowest BCUT2D eigenvalue weighted by molar-refractivity contribution is -0.131. The number of hydrogen-bond acceptors (Lipinski definition) is 2. The van der Waals surface area contributed by atoms with Crippen molar-refractivity contribution < 1.29 is 19.1 Å². The van der Waals surface area contributed by atoms with E-state index in [0.717, 1.165) is 6.08 Å². The second-order valence-corrected chi connectivity index (χ2v) is 4.73. The molecule has 0 saturated heterocycles. The number of benzene rings is 1. The topological polar surface area (TPSA) is 54.4 Å². The highest BCUT2D eigenvalue weighted by molar-refractivity contribution is 9.10. The molecule has 0 spiro atoms. The Balaban J connectivity index is 3.27. The minimum Gasteiger partial charge on any atom is -0.478 e. The highest BCUT2D eigenvalue weighted by Gasteiger charge is 2.19. The van der Waals surface area contributed by atoms with Gasteiger partial charge in [0.1, 0.15) is 5.82 Å². The van der Waals surface area contributed by atoms with E-state index in [9.17, 15) is 14.0 Å². The van der Waals surface area contributed by atoms with E-state index in [1.807, 2.05) is 0 Å². The number of alkyl halides is 1. The Morgan fingerprint density at radius 3 is 2.65 bits per heavy atom. The van der Waals surface area contributed by atoms with Gasteiger partial charge in [0.15, 0.2) is 5.78 Å². The average molecular weight is 301 g/mol. The number of carbonyl (C=O) groups is 2. The number of rotatable bonds is 4. The van der Waals surface area contributed by atoms with Crippen molar-refractivity contribution in [3.05, 3.63) is 41.2 Å². The molecule has 1 N–H and O–H groups in total. The third kappa shape index (κ3) is 3.49. The zero-order chi connectivity index (χ0) is 13.0. The standard InChI is InChI=1S/C12H10BrFO3/c1-7(13)12(17)11-8(5-6-10(15)16)3-2-4-9(11)14/h2-7H,1H3,(H,15,16). The average Bonchev–Trinajstić information content (AvgIpc) is 2.25. The Bertz CT molecular complexity index is 481. The van der Waals surface area contributed by atoms with Crippen molar-refractivity contribution in [3.8, 4) is 0 Å². The Morgan fingerprint density at radius 2 is 2.12 bits per heavy atom. The molecule has 17 heavy (non-hydrogen) atoms. The Morgan fingerprint density at radius 1 is 1.47 bits per heavy atom. The van der Waals surface area contributed by atoms with Crippen LogP contribution in [0.5, 0.6) is 0 Å². The summed E-state index contributed by atoms with van der Waals surface area (Å²) in [5.74, 6) is -2.23. The van der Waals surface area contributed by atoms with Gasteiger partial charge < -0.3 is 5.11 Å². The molecule has 1 rings (SSSR count). The summed E-state index contributed by atoms with van der Waals surface area (Å²) in [5, 5.41) is 8.51. The Hall–Kier alpha value is -1.49. The lowest BCUT2D eigenvalue weighted by Crippen LogP contribution is -2.13. The molecule has 0 saturated carbocycles.